The number of aromatic nitrogens is 3. The van der Waals surface area contributed by atoms with Gasteiger partial charge in [-0.3, -0.25) is 19.4 Å². The summed E-state index contributed by atoms with van der Waals surface area (Å²) in [6, 6.07) is 8.53. The van der Waals surface area contributed by atoms with Crippen LogP contribution in [0.5, 0.6) is 0 Å². The van der Waals surface area contributed by atoms with Crippen LogP contribution in [0.25, 0.3) is 33.5 Å². The van der Waals surface area contributed by atoms with Gasteiger partial charge in [-0.2, -0.15) is 8.78 Å². The smallest absolute Gasteiger partial charge is 0.407 e. The summed E-state index contributed by atoms with van der Waals surface area (Å²) in [5, 5.41) is 8.05. The van der Waals surface area contributed by atoms with Gasteiger partial charge in [-0.15, -0.1) is 0 Å². The van der Waals surface area contributed by atoms with Gasteiger partial charge in [-0.05, 0) is 72.4 Å². The number of likely N-dealkylation sites (tertiary alicyclic amines) is 2. The molecule has 0 bridgehead atoms. The second-order valence-electron chi connectivity index (χ2n) is 16.3. The van der Waals surface area contributed by atoms with E-state index in [0.29, 0.717) is 77.4 Å². The van der Waals surface area contributed by atoms with Gasteiger partial charge in [0.15, 0.2) is 0 Å². The normalized spacial score (nSPS) is 18.7. The number of hydrogen-bond donors (Lipinski definition) is 4. The minimum absolute atomic E-state index is 0.157. The van der Waals surface area contributed by atoms with E-state index in [4.69, 9.17) is 4.74 Å². The minimum atomic E-state index is -3.35. The topological polar surface area (TPSA) is 188 Å². The summed E-state index contributed by atoms with van der Waals surface area (Å²) in [6.07, 6.45) is 5.51. The zero-order valence-corrected chi connectivity index (χ0v) is 34.9. The van der Waals surface area contributed by atoms with E-state index in [1.54, 1.807) is 55.3 Å². The van der Waals surface area contributed by atoms with E-state index in [9.17, 15) is 24.0 Å². The van der Waals surface area contributed by atoms with Crippen molar-refractivity contribution in [3.8, 4) is 33.5 Å². The molecule has 4 atom stereocenters. The second-order valence-corrected chi connectivity index (χ2v) is 16.3. The molecule has 15 nitrogen and oxygen atoms in total. The number of anilines is 1. The highest BCUT2D eigenvalue weighted by Crippen LogP contribution is 2.52. The summed E-state index contributed by atoms with van der Waals surface area (Å²) >= 11 is 0. The molecule has 3 aliphatic rings. The van der Waals surface area contributed by atoms with Gasteiger partial charge < -0.3 is 40.2 Å². The number of fused-ring (bicyclic) bond motifs is 3. The second kappa shape index (κ2) is 17.3. The van der Waals surface area contributed by atoms with Crippen molar-refractivity contribution in [3.63, 3.8) is 0 Å². The van der Waals surface area contributed by atoms with Gasteiger partial charge in [-0.25, -0.2) is 14.6 Å². The average Bonchev–Trinajstić information content (AvgIpc) is 4.07. The number of carbonyl (C=O) groups excluding carboxylic acids is 5. The molecule has 1 unspecified atom stereocenters. The highest BCUT2D eigenvalue weighted by molar-refractivity contribution is 5.99. The lowest BCUT2D eigenvalue weighted by atomic mass is 9.99. The fourth-order valence-electron chi connectivity index (χ4n) is 8.49. The highest BCUT2D eigenvalue weighted by Gasteiger charge is 2.45. The molecule has 4 aromatic rings. The lowest BCUT2D eigenvalue weighted by Gasteiger charge is -2.30. The number of nitrogens with one attached hydrogen (secondary N) is 4. The van der Waals surface area contributed by atoms with Crippen LogP contribution in [0.15, 0.2) is 61.1 Å². The number of hydrogen-bond acceptors (Lipinski definition) is 9. The molecule has 61 heavy (non-hydrogen) atoms. The van der Waals surface area contributed by atoms with Crippen molar-refractivity contribution < 1.29 is 42.2 Å². The van der Waals surface area contributed by atoms with Crippen molar-refractivity contribution in [2.45, 2.75) is 83.5 Å². The number of rotatable bonds is 11. The first-order chi connectivity index (χ1) is 29.1. The third-order valence-corrected chi connectivity index (χ3v) is 11.7. The number of pyridine rings is 1. The Bertz CT molecular complexity index is 2350. The van der Waals surface area contributed by atoms with E-state index in [2.05, 4.69) is 35.6 Å². The molecule has 2 aliphatic heterocycles. The van der Waals surface area contributed by atoms with Crippen LogP contribution in [0.2, 0.25) is 0 Å². The zero-order valence-electron chi connectivity index (χ0n) is 34.9. The Morgan fingerprint density at radius 2 is 1.33 bits per heavy atom. The zero-order chi connectivity index (χ0) is 43.7. The third kappa shape index (κ3) is 8.37. The van der Waals surface area contributed by atoms with Gasteiger partial charge in [0.25, 0.3) is 5.92 Å². The summed E-state index contributed by atoms with van der Waals surface area (Å²) in [7, 11) is 2.45. The Balaban J connectivity index is 1.07. The van der Waals surface area contributed by atoms with Gasteiger partial charge in [0.05, 0.1) is 44.0 Å². The molecule has 5 amide bonds. The van der Waals surface area contributed by atoms with Crippen LogP contribution >= 0.6 is 0 Å². The Labute approximate surface area is 352 Å². The van der Waals surface area contributed by atoms with Crippen LogP contribution in [-0.4, -0.2) is 100 Å². The number of methoxy groups -OCH3 is 2. The Morgan fingerprint density at radius 1 is 0.754 bits per heavy atom. The highest BCUT2D eigenvalue weighted by atomic mass is 19.3. The molecule has 4 N–H and O–H groups in total. The molecule has 2 aromatic heterocycles. The predicted molar refractivity (Wildman–Crippen MR) is 221 cm³/mol. The van der Waals surface area contributed by atoms with Crippen LogP contribution in [0, 0.1) is 11.8 Å². The van der Waals surface area contributed by atoms with Crippen molar-refractivity contribution in [2.75, 3.05) is 32.6 Å². The van der Waals surface area contributed by atoms with Gasteiger partial charge in [0.1, 0.15) is 23.9 Å². The van der Waals surface area contributed by atoms with Gasteiger partial charge in [0.2, 0.25) is 17.7 Å². The standard InChI is InChI=1S/C44H50F2N8O7/c1-23(2)36(51-42(58)60-5)40(56)53-15-7-9-34(53)38-48-22-33(50-38)26-12-14-30-29-13-11-25(18-31(29)44(45,46)32(30)19-26)27-17-28(21-47-20-27)49-39(55)35-10-8-16-54(35)41(57)37(24(3)4)52-43(59)61-6/h11-14,17-24,34-37H,7-10,15-16H2,1-6H3,(H,48,50)(H,49,55)(H,51,58)(H,52,59)/t34-,35-,36?,37-/m0/s1. The molecule has 0 spiro atoms. The van der Waals surface area contributed by atoms with Crippen molar-refractivity contribution in [1.29, 1.82) is 0 Å². The fourth-order valence-corrected chi connectivity index (χ4v) is 8.49. The van der Waals surface area contributed by atoms with Crippen LogP contribution in [0.1, 0.15) is 76.4 Å². The van der Waals surface area contributed by atoms with Crippen molar-refractivity contribution in [2.24, 2.45) is 11.8 Å². The maximum atomic E-state index is 16.4. The molecular weight excluding hydrogens is 791 g/mol. The number of nitrogens with zero attached hydrogens (tertiary/aromatic N) is 4. The third-order valence-electron chi connectivity index (χ3n) is 11.7. The Hall–Kier alpha value is -6.39. The van der Waals surface area contributed by atoms with Crippen molar-refractivity contribution in [1.82, 2.24) is 35.4 Å². The largest absolute Gasteiger partial charge is 0.453 e. The van der Waals surface area contributed by atoms with E-state index in [1.165, 1.54) is 43.6 Å². The van der Waals surface area contributed by atoms with E-state index < -0.39 is 42.1 Å². The number of aromatic amines is 1. The lowest BCUT2D eigenvalue weighted by molar-refractivity contribution is -0.139. The molecule has 322 valence electrons. The number of amides is 5. The maximum Gasteiger partial charge on any atom is 0.407 e. The first-order valence-electron chi connectivity index (χ1n) is 20.4. The molecule has 2 aromatic carbocycles. The number of halogens is 2. The molecule has 0 saturated carbocycles. The molecular formula is C44H50F2N8O7. The Kier molecular flexibility index (Phi) is 12.1. The molecule has 2 saturated heterocycles. The molecule has 7 rings (SSSR count). The molecule has 17 heteroatoms. The molecule has 4 heterocycles. The first-order valence-corrected chi connectivity index (χ1v) is 20.4. The number of carbonyl (C=O) groups is 5. The lowest BCUT2D eigenvalue weighted by Crippen LogP contribution is -2.54. The van der Waals surface area contributed by atoms with E-state index in [1.807, 2.05) is 13.8 Å². The number of alkyl halides is 2. The molecule has 2 fully saturated rings. The van der Waals surface area contributed by atoms with Gasteiger partial charge in [-0.1, -0.05) is 52.0 Å². The quantitative estimate of drug-likeness (QED) is 0.129. The first kappa shape index (κ1) is 42.7. The summed E-state index contributed by atoms with van der Waals surface area (Å²) in [5.41, 5.74) is 2.79. The van der Waals surface area contributed by atoms with Gasteiger partial charge in [0, 0.05) is 41.5 Å². The fraction of sp³-hybridized carbons (Fsp3) is 0.432. The van der Waals surface area contributed by atoms with Crippen LogP contribution in [0.3, 0.4) is 0 Å². The summed E-state index contributed by atoms with van der Waals surface area (Å²) in [5.74, 6) is -4.34. The van der Waals surface area contributed by atoms with Crippen LogP contribution < -0.4 is 16.0 Å². The van der Waals surface area contributed by atoms with Crippen LogP contribution in [-0.2, 0) is 29.8 Å². The van der Waals surface area contributed by atoms with Gasteiger partial charge >= 0.3 is 12.2 Å². The summed E-state index contributed by atoms with van der Waals surface area (Å²) < 4.78 is 42.3. The van der Waals surface area contributed by atoms with E-state index >= 15 is 8.78 Å². The minimum Gasteiger partial charge on any atom is -0.453 e. The van der Waals surface area contributed by atoms with E-state index in [-0.39, 0.29) is 40.8 Å². The summed E-state index contributed by atoms with van der Waals surface area (Å²) in [6.45, 7) is 8.07. The maximum absolute atomic E-state index is 16.4. The van der Waals surface area contributed by atoms with Crippen molar-refractivity contribution >= 4 is 35.6 Å². The monoisotopic (exact) mass is 840 g/mol. The average molecular weight is 841 g/mol. The van der Waals surface area contributed by atoms with Crippen molar-refractivity contribution in [3.05, 3.63) is 78.0 Å². The SMILES string of the molecule is COC(=O)NC(C(=O)N1CCC[C@H]1c1ncc(-c2ccc3c(c2)C(F)(F)c2cc(-c4cncc(NC(=O)[C@@H]5CCCN5C(=O)[C@@H](NC(=O)OC)C(C)C)c4)ccc2-3)[nH]1)C(C)C. The Morgan fingerprint density at radius 3 is 1.95 bits per heavy atom. The number of alkyl carbamates (subject to hydrolysis) is 2. The predicted octanol–water partition coefficient (Wildman–Crippen LogP) is 6.61. The summed E-state index contributed by atoms with van der Waals surface area (Å²) in [4.78, 5) is 79.9. The van der Waals surface area contributed by atoms with Crippen LogP contribution in [0.4, 0.5) is 24.1 Å². The number of benzene rings is 2. The number of ether oxygens (including phenoxy) is 2. The number of imidazole rings is 1. The number of H-pyrrole nitrogens is 1. The van der Waals surface area contributed by atoms with E-state index in [0.717, 1.165) is 6.42 Å². The molecule has 0 radical (unpaired) electrons. The molecule has 1 aliphatic carbocycles.